The second kappa shape index (κ2) is 5.27. The van der Waals surface area contributed by atoms with Crippen molar-refractivity contribution in [3.8, 4) is 0 Å². The van der Waals surface area contributed by atoms with Gasteiger partial charge in [-0.2, -0.15) is 0 Å². The first-order valence-electron chi connectivity index (χ1n) is 5.73. The molecule has 3 nitrogen and oxygen atoms in total. The molecule has 4 heteroatoms. The molecule has 0 fully saturated rings. The van der Waals surface area contributed by atoms with Gasteiger partial charge in [0.25, 0.3) is 0 Å². The molecule has 94 valence electrons. The average molecular weight is 262 g/mol. The lowest BCUT2D eigenvalue weighted by atomic mass is 10.1. The van der Waals surface area contributed by atoms with Crippen molar-refractivity contribution < 1.29 is 0 Å². The molecular weight excluding hydrogens is 246 g/mol. The number of aromatic nitrogens is 1. The van der Waals surface area contributed by atoms with E-state index in [9.17, 15) is 0 Å². The van der Waals surface area contributed by atoms with Crippen LogP contribution >= 0.6 is 11.6 Å². The van der Waals surface area contributed by atoms with Crippen molar-refractivity contribution in [2.24, 2.45) is 0 Å². The smallest absolute Gasteiger partial charge is 0.0457 e. The molecule has 2 N–H and O–H groups in total. The van der Waals surface area contributed by atoms with Crippen molar-refractivity contribution in [3.63, 3.8) is 0 Å². The molecule has 0 aliphatic rings. The lowest BCUT2D eigenvalue weighted by molar-refractivity contribution is 0.915. The molecule has 0 atom stereocenters. The molecule has 2 rings (SSSR count). The van der Waals surface area contributed by atoms with Crippen molar-refractivity contribution >= 4 is 23.0 Å². The summed E-state index contributed by atoms with van der Waals surface area (Å²) in [6.07, 6.45) is 3.65. The molecule has 1 aromatic heterocycles. The van der Waals surface area contributed by atoms with Crippen LogP contribution in [0.1, 0.15) is 11.1 Å². The highest BCUT2D eigenvalue weighted by molar-refractivity contribution is 6.31. The Hall–Kier alpha value is -1.74. The van der Waals surface area contributed by atoms with Gasteiger partial charge in [0, 0.05) is 42.4 Å². The van der Waals surface area contributed by atoms with Crippen LogP contribution in [0.15, 0.2) is 36.7 Å². The van der Waals surface area contributed by atoms with Crippen molar-refractivity contribution in [3.05, 3.63) is 52.8 Å². The number of hydrogen-bond donors (Lipinski definition) is 1. The summed E-state index contributed by atoms with van der Waals surface area (Å²) >= 11 is 6.17. The van der Waals surface area contributed by atoms with Gasteiger partial charge in [-0.3, -0.25) is 4.98 Å². The van der Waals surface area contributed by atoms with Gasteiger partial charge in [-0.05, 0) is 42.3 Å². The molecule has 2 aromatic rings. The van der Waals surface area contributed by atoms with Crippen molar-refractivity contribution in [1.29, 1.82) is 0 Å². The van der Waals surface area contributed by atoms with Gasteiger partial charge in [-0.1, -0.05) is 11.6 Å². The van der Waals surface area contributed by atoms with E-state index in [0.29, 0.717) is 6.54 Å². The maximum atomic E-state index is 6.17. The Kier molecular flexibility index (Phi) is 3.72. The SMILES string of the molecule is Cc1cnccc1N(C)Cc1cc(N)ccc1Cl. The zero-order valence-electron chi connectivity index (χ0n) is 10.5. The van der Waals surface area contributed by atoms with Crippen LogP contribution in [-0.2, 0) is 6.54 Å². The zero-order valence-corrected chi connectivity index (χ0v) is 11.3. The Morgan fingerprint density at radius 1 is 1.33 bits per heavy atom. The van der Waals surface area contributed by atoms with Crippen LogP contribution in [0.25, 0.3) is 0 Å². The highest BCUT2D eigenvalue weighted by Gasteiger charge is 2.08. The van der Waals surface area contributed by atoms with Gasteiger partial charge in [0.2, 0.25) is 0 Å². The Morgan fingerprint density at radius 2 is 2.11 bits per heavy atom. The van der Waals surface area contributed by atoms with Gasteiger partial charge in [0.1, 0.15) is 0 Å². The minimum absolute atomic E-state index is 0.717. The molecule has 18 heavy (non-hydrogen) atoms. The molecule has 0 aliphatic carbocycles. The molecule has 0 saturated heterocycles. The standard InChI is InChI=1S/C14H16ClN3/c1-10-8-17-6-5-14(10)18(2)9-11-7-12(16)3-4-13(11)15/h3-8H,9,16H2,1-2H3. The first-order chi connectivity index (χ1) is 8.58. The van der Waals surface area contributed by atoms with Gasteiger partial charge in [-0.25, -0.2) is 0 Å². The predicted molar refractivity (Wildman–Crippen MR) is 76.9 cm³/mol. The van der Waals surface area contributed by atoms with Crippen molar-refractivity contribution in [2.45, 2.75) is 13.5 Å². The van der Waals surface area contributed by atoms with Gasteiger partial charge in [-0.15, -0.1) is 0 Å². The van der Waals surface area contributed by atoms with Crippen molar-refractivity contribution in [2.75, 3.05) is 17.7 Å². The van der Waals surface area contributed by atoms with E-state index in [2.05, 4.69) is 9.88 Å². The number of nitrogens with zero attached hydrogens (tertiary/aromatic N) is 2. The summed E-state index contributed by atoms with van der Waals surface area (Å²) in [7, 11) is 2.03. The third-order valence-corrected chi connectivity index (χ3v) is 3.25. The van der Waals surface area contributed by atoms with Gasteiger partial charge in [0.05, 0.1) is 0 Å². The van der Waals surface area contributed by atoms with E-state index in [0.717, 1.165) is 27.5 Å². The number of aryl methyl sites for hydroxylation is 1. The lowest BCUT2D eigenvalue weighted by Crippen LogP contribution is -2.17. The third-order valence-electron chi connectivity index (χ3n) is 2.88. The van der Waals surface area contributed by atoms with Gasteiger partial charge in [0.15, 0.2) is 0 Å². The van der Waals surface area contributed by atoms with Gasteiger partial charge >= 0.3 is 0 Å². The molecular formula is C14H16ClN3. The van der Waals surface area contributed by atoms with E-state index in [1.165, 1.54) is 0 Å². The van der Waals surface area contributed by atoms with Crippen molar-refractivity contribution in [1.82, 2.24) is 4.98 Å². The number of anilines is 2. The first kappa shape index (κ1) is 12.7. The highest BCUT2D eigenvalue weighted by Crippen LogP contribution is 2.24. The summed E-state index contributed by atoms with van der Waals surface area (Å²) in [5, 5.41) is 0.739. The zero-order chi connectivity index (χ0) is 13.1. The molecule has 1 heterocycles. The minimum atomic E-state index is 0.717. The number of nitrogens with two attached hydrogens (primary N) is 1. The normalized spacial score (nSPS) is 10.4. The Labute approximate surface area is 112 Å². The maximum absolute atomic E-state index is 6.17. The highest BCUT2D eigenvalue weighted by atomic mass is 35.5. The van der Waals surface area contributed by atoms with E-state index >= 15 is 0 Å². The van der Waals surface area contributed by atoms with Crippen LogP contribution in [0.2, 0.25) is 5.02 Å². The summed E-state index contributed by atoms with van der Waals surface area (Å²) < 4.78 is 0. The van der Waals surface area contributed by atoms with E-state index in [1.807, 2.05) is 44.4 Å². The summed E-state index contributed by atoms with van der Waals surface area (Å²) in [5.41, 5.74) is 9.82. The number of halogens is 1. The number of benzene rings is 1. The van der Waals surface area contributed by atoms with Crippen LogP contribution < -0.4 is 10.6 Å². The largest absolute Gasteiger partial charge is 0.399 e. The summed E-state index contributed by atoms with van der Waals surface area (Å²) in [6.45, 7) is 2.76. The quantitative estimate of drug-likeness (QED) is 0.863. The number of nitrogen functional groups attached to an aromatic ring is 1. The summed E-state index contributed by atoms with van der Waals surface area (Å²) in [6, 6.07) is 7.55. The molecule has 0 unspecified atom stereocenters. The lowest BCUT2D eigenvalue weighted by Gasteiger charge is -2.21. The molecule has 0 aliphatic heterocycles. The van der Waals surface area contributed by atoms with Crippen LogP contribution in [0, 0.1) is 6.92 Å². The predicted octanol–water partition coefficient (Wildman–Crippen LogP) is 3.26. The fourth-order valence-corrected chi connectivity index (χ4v) is 2.13. The monoisotopic (exact) mass is 261 g/mol. The molecule has 0 amide bonds. The van der Waals surface area contributed by atoms with Crippen LogP contribution in [0.3, 0.4) is 0 Å². The first-order valence-corrected chi connectivity index (χ1v) is 6.11. The van der Waals surface area contributed by atoms with Crippen LogP contribution in [0.4, 0.5) is 11.4 Å². The fourth-order valence-electron chi connectivity index (χ4n) is 1.95. The molecule has 0 spiro atoms. The van der Waals surface area contributed by atoms with E-state index in [1.54, 1.807) is 6.20 Å². The number of hydrogen-bond acceptors (Lipinski definition) is 3. The second-order valence-electron chi connectivity index (χ2n) is 4.37. The second-order valence-corrected chi connectivity index (χ2v) is 4.78. The third kappa shape index (κ3) is 2.74. The molecule has 0 saturated carbocycles. The van der Waals surface area contributed by atoms with E-state index in [4.69, 9.17) is 17.3 Å². The molecule has 1 aromatic carbocycles. The Morgan fingerprint density at radius 3 is 2.83 bits per heavy atom. The summed E-state index contributed by atoms with van der Waals surface area (Å²) in [5.74, 6) is 0. The summed E-state index contributed by atoms with van der Waals surface area (Å²) in [4.78, 5) is 6.23. The minimum Gasteiger partial charge on any atom is -0.399 e. The number of rotatable bonds is 3. The van der Waals surface area contributed by atoms with Crippen LogP contribution in [-0.4, -0.2) is 12.0 Å². The molecule has 0 radical (unpaired) electrons. The topological polar surface area (TPSA) is 42.2 Å². The molecule has 0 bridgehead atoms. The Bertz CT molecular complexity index is 554. The maximum Gasteiger partial charge on any atom is 0.0457 e. The number of pyridine rings is 1. The van der Waals surface area contributed by atoms with E-state index < -0.39 is 0 Å². The van der Waals surface area contributed by atoms with E-state index in [-0.39, 0.29) is 0 Å². The Balaban J connectivity index is 2.24. The van der Waals surface area contributed by atoms with Crippen LogP contribution in [0.5, 0.6) is 0 Å². The average Bonchev–Trinajstić information content (AvgIpc) is 2.34. The fraction of sp³-hybridized carbons (Fsp3) is 0.214. The van der Waals surface area contributed by atoms with Gasteiger partial charge < -0.3 is 10.6 Å².